The Hall–Kier alpha value is -1.35. The standard InChI is InChI=1S/C15H23NO2/c1-3-18-15-8-6-14(7-9-15)10-12-16-11-4-5-13(2)17/h6-9,16H,3-5,10-12H2,1-2H3. The van der Waals surface area contributed by atoms with Gasteiger partial charge in [0.2, 0.25) is 0 Å². The molecule has 0 spiro atoms. The molecule has 0 amide bonds. The van der Waals surface area contributed by atoms with Gasteiger partial charge in [0, 0.05) is 6.42 Å². The summed E-state index contributed by atoms with van der Waals surface area (Å²) < 4.78 is 5.39. The number of benzene rings is 1. The van der Waals surface area contributed by atoms with Crippen LogP contribution in [0.1, 0.15) is 32.3 Å². The lowest BCUT2D eigenvalue weighted by molar-refractivity contribution is -0.117. The fourth-order valence-corrected chi connectivity index (χ4v) is 1.74. The number of nitrogens with one attached hydrogen (secondary N) is 1. The molecule has 0 fully saturated rings. The molecule has 1 aromatic carbocycles. The molecule has 3 heteroatoms. The molecule has 0 radical (unpaired) electrons. The second-order valence-corrected chi connectivity index (χ2v) is 4.38. The molecule has 0 saturated carbocycles. The first-order valence-corrected chi connectivity index (χ1v) is 6.64. The van der Waals surface area contributed by atoms with E-state index in [0.717, 1.165) is 31.7 Å². The summed E-state index contributed by atoms with van der Waals surface area (Å²) in [6, 6.07) is 8.22. The molecule has 1 N–H and O–H groups in total. The Bertz CT molecular complexity index is 346. The Morgan fingerprint density at radius 1 is 1.22 bits per heavy atom. The SMILES string of the molecule is CCOc1ccc(CCNCCCC(C)=O)cc1. The molecule has 0 unspecified atom stereocenters. The van der Waals surface area contributed by atoms with Gasteiger partial charge in [0.05, 0.1) is 6.61 Å². The molecule has 0 aromatic heterocycles. The van der Waals surface area contributed by atoms with E-state index in [1.54, 1.807) is 6.92 Å². The van der Waals surface area contributed by atoms with Crippen LogP contribution in [0.2, 0.25) is 0 Å². The topological polar surface area (TPSA) is 38.3 Å². The van der Waals surface area contributed by atoms with Crippen LogP contribution in [0, 0.1) is 0 Å². The highest BCUT2D eigenvalue weighted by atomic mass is 16.5. The Balaban J connectivity index is 2.13. The maximum absolute atomic E-state index is 10.7. The fourth-order valence-electron chi connectivity index (χ4n) is 1.74. The number of ketones is 1. The molecule has 1 aromatic rings. The lowest BCUT2D eigenvalue weighted by atomic mass is 10.1. The molecule has 0 atom stereocenters. The van der Waals surface area contributed by atoms with Crippen LogP contribution in [-0.2, 0) is 11.2 Å². The summed E-state index contributed by atoms with van der Waals surface area (Å²) in [5.41, 5.74) is 1.30. The third-order valence-corrected chi connectivity index (χ3v) is 2.71. The lowest BCUT2D eigenvalue weighted by Crippen LogP contribution is -2.19. The summed E-state index contributed by atoms with van der Waals surface area (Å²) in [6.07, 6.45) is 2.61. The van der Waals surface area contributed by atoms with Gasteiger partial charge < -0.3 is 14.8 Å². The van der Waals surface area contributed by atoms with E-state index in [1.807, 2.05) is 19.1 Å². The van der Waals surface area contributed by atoms with Crippen molar-refractivity contribution in [1.29, 1.82) is 0 Å². The summed E-state index contributed by atoms with van der Waals surface area (Å²) >= 11 is 0. The van der Waals surface area contributed by atoms with Crippen LogP contribution in [-0.4, -0.2) is 25.5 Å². The number of ether oxygens (including phenoxy) is 1. The Labute approximate surface area is 110 Å². The summed E-state index contributed by atoms with van der Waals surface area (Å²) in [4.78, 5) is 10.7. The van der Waals surface area contributed by atoms with E-state index in [0.29, 0.717) is 13.0 Å². The van der Waals surface area contributed by atoms with Crippen LogP contribution < -0.4 is 10.1 Å². The van der Waals surface area contributed by atoms with Gasteiger partial charge in [-0.1, -0.05) is 12.1 Å². The molecule has 3 nitrogen and oxygen atoms in total. The third kappa shape index (κ3) is 6.40. The van der Waals surface area contributed by atoms with Gasteiger partial charge in [0.15, 0.2) is 0 Å². The highest BCUT2D eigenvalue weighted by Gasteiger charge is 1.96. The lowest BCUT2D eigenvalue weighted by Gasteiger charge is -2.06. The van der Waals surface area contributed by atoms with Crippen LogP contribution in [0.5, 0.6) is 5.75 Å². The number of hydrogen-bond acceptors (Lipinski definition) is 3. The molecular formula is C15H23NO2. The van der Waals surface area contributed by atoms with Gasteiger partial charge in [-0.05, 0) is 57.5 Å². The summed E-state index contributed by atoms with van der Waals surface area (Å²) in [5, 5.41) is 3.35. The van der Waals surface area contributed by atoms with Gasteiger partial charge in [0.25, 0.3) is 0 Å². The predicted octanol–water partition coefficient (Wildman–Crippen LogP) is 2.59. The number of carbonyl (C=O) groups is 1. The predicted molar refractivity (Wildman–Crippen MR) is 74.1 cm³/mol. The average molecular weight is 249 g/mol. The van der Waals surface area contributed by atoms with E-state index in [9.17, 15) is 4.79 Å². The molecule has 18 heavy (non-hydrogen) atoms. The second kappa shape index (κ2) is 8.70. The van der Waals surface area contributed by atoms with Crippen LogP contribution in [0.15, 0.2) is 24.3 Å². The van der Waals surface area contributed by atoms with E-state index in [2.05, 4.69) is 17.4 Å². The van der Waals surface area contributed by atoms with Gasteiger partial charge in [-0.15, -0.1) is 0 Å². The van der Waals surface area contributed by atoms with Gasteiger partial charge in [-0.2, -0.15) is 0 Å². The van der Waals surface area contributed by atoms with Crippen molar-refractivity contribution < 1.29 is 9.53 Å². The van der Waals surface area contributed by atoms with Crippen molar-refractivity contribution in [2.45, 2.75) is 33.1 Å². The van der Waals surface area contributed by atoms with Crippen LogP contribution in [0.4, 0.5) is 0 Å². The third-order valence-electron chi connectivity index (χ3n) is 2.71. The number of Topliss-reactive ketones (excluding diaryl/α,β-unsaturated/α-hetero) is 1. The molecule has 0 bridgehead atoms. The molecule has 0 heterocycles. The zero-order valence-corrected chi connectivity index (χ0v) is 11.4. The summed E-state index contributed by atoms with van der Waals surface area (Å²) in [5.74, 6) is 1.19. The van der Waals surface area contributed by atoms with E-state index in [-0.39, 0.29) is 5.78 Å². The van der Waals surface area contributed by atoms with Crippen LogP contribution >= 0.6 is 0 Å². The molecule has 0 saturated heterocycles. The molecular weight excluding hydrogens is 226 g/mol. The van der Waals surface area contributed by atoms with Crippen molar-refractivity contribution in [1.82, 2.24) is 5.32 Å². The number of rotatable bonds is 9. The quantitative estimate of drug-likeness (QED) is 0.684. The Morgan fingerprint density at radius 2 is 1.94 bits per heavy atom. The maximum Gasteiger partial charge on any atom is 0.129 e. The van der Waals surface area contributed by atoms with E-state index in [1.165, 1.54) is 5.56 Å². The first-order valence-electron chi connectivity index (χ1n) is 6.64. The van der Waals surface area contributed by atoms with E-state index in [4.69, 9.17) is 4.74 Å². The number of hydrogen-bond donors (Lipinski definition) is 1. The van der Waals surface area contributed by atoms with Gasteiger partial charge in [-0.3, -0.25) is 0 Å². The summed E-state index contributed by atoms with van der Waals surface area (Å²) in [6.45, 7) is 6.19. The smallest absolute Gasteiger partial charge is 0.129 e. The van der Waals surface area contributed by atoms with E-state index < -0.39 is 0 Å². The molecule has 0 aliphatic heterocycles. The monoisotopic (exact) mass is 249 g/mol. The minimum absolute atomic E-state index is 0.267. The molecule has 1 rings (SSSR count). The molecule has 0 aliphatic rings. The zero-order chi connectivity index (χ0) is 13.2. The van der Waals surface area contributed by atoms with Crippen molar-refractivity contribution in [3.8, 4) is 5.75 Å². The zero-order valence-electron chi connectivity index (χ0n) is 11.4. The first kappa shape index (κ1) is 14.7. The van der Waals surface area contributed by atoms with Crippen LogP contribution in [0.3, 0.4) is 0 Å². The second-order valence-electron chi connectivity index (χ2n) is 4.38. The van der Waals surface area contributed by atoms with Crippen molar-refractivity contribution in [3.63, 3.8) is 0 Å². The van der Waals surface area contributed by atoms with E-state index >= 15 is 0 Å². The highest BCUT2D eigenvalue weighted by Crippen LogP contribution is 2.12. The van der Waals surface area contributed by atoms with Crippen molar-refractivity contribution >= 4 is 5.78 Å². The van der Waals surface area contributed by atoms with Crippen LogP contribution in [0.25, 0.3) is 0 Å². The van der Waals surface area contributed by atoms with Crippen molar-refractivity contribution in [2.75, 3.05) is 19.7 Å². The normalized spacial score (nSPS) is 10.3. The van der Waals surface area contributed by atoms with Gasteiger partial charge >= 0.3 is 0 Å². The Morgan fingerprint density at radius 3 is 2.56 bits per heavy atom. The largest absolute Gasteiger partial charge is 0.494 e. The maximum atomic E-state index is 10.7. The first-order chi connectivity index (χ1) is 8.72. The summed E-state index contributed by atoms with van der Waals surface area (Å²) in [7, 11) is 0. The minimum atomic E-state index is 0.267. The van der Waals surface area contributed by atoms with Gasteiger partial charge in [0.1, 0.15) is 11.5 Å². The van der Waals surface area contributed by atoms with Crippen molar-refractivity contribution in [3.05, 3.63) is 29.8 Å². The molecule has 100 valence electrons. The van der Waals surface area contributed by atoms with Gasteiger partial charge in [-0.25, -0.2) is 0 Å². The minimum Gasteiger partial charge on any atom is -0.494 e. The Kier molecular flexibility index (Phi) is 7.11. The van der Waals surface area contributed by atoms with Crippen molar-refractivity contribution in [2.24, 2.45) is 0 Å². The average Bonchev–Trinajstić information content (AvgIpc) is 2.35. The highest BCUT2D eigenvalue weighted by molar-refractivity contribution is 5.75. The molecule has 0 aliphatic carbocycles. The fraction of sp³-hybridized carbons (Fsp3) is 0.533. The number of carbonyl (C=O) groups excluding carboxylic acids is 1.